The SMILES string of the molecule is CC(C)CN1C(=O)/C(=C/c2cn(CCOc3ccccc3Cl)c3ccc(Br)cc23)SC1=S. The second-order valence-electron chi connectivity index (χ2n) is 7.90. The van der Waals surface area contributed by atoms with E-state index >= 15 is 0 Å². The molecule has 0 unspecified atom stereocenters. The molecule has 0 bridgehead atoms. The number of nitrogens with zero attached hydrogens (tertiary/aromatic N) is 2. The maximum atomic E-state index is 12.9. The third-order valence-corrected chi connectivity index (χ3v) is 7.19. The van der Waals surface area contributed by atoms with Crippen LogP contribution >= 0.6 is 51.5 Å². The van der Waals surface area contributed by atoms with Gasteiger partial charge in [-0.2, -0.15) is 0 Å². The van der Waals surface area contributed by atoms with E-state index in [1.54, 1.807) is 4.90 Å². The Bertz CT molecular complexity index is 1220. The van der Waals surface area contributed by atoms with Gasteiger partial charge in [-0.15, -0.1) is 0 Å². The summed E-state index contributed by atoms with van der Waals surface area (Å²) in [6.07, 6.45) is 4.00. The van der Waals surface area contributed by atoms with Crippen LogP contribution in [0.5, 0.6) is 5.75 Å². The van der Waals surface area contributed by atoms with Gasteiger partial charge >= 0.3 is 0 Å². The van der Waals surface area contributed by atoms with Gasteiger partial charge in [0.2, 0.25) is 0 Å². The Labute approximate surface area is 210 Å². The number of halogens is 2. The lowest BCUT2D eigenvalue weighted by molar-refractivity contribution is -0.122. The molecule has 0 aliphatic carbocycles. The summed E-state index contributed by atoms with van der Waals surface area (Å²) in [7, 11) is 0. The number of thiocarbonyl (C=S) groups is 1. The van der Waals surface area contributed by atoms with Crippen molar-refractivity contribution in [3.05, 3.63) is 68.6 Å². The van der Waals surface area contributed by atoms with E-state index in [1.807, 2.05) is 36.4 Å². The number of carbonyl (C=O) groups is 1. The summed E-state index contributed by atoms with van der Waals surface area (Å²) in [6, 6.07) is 13.6. The number of amides is 1. The minimum Gasteiger partial charge on any atom is -0.490 e. The molecule has 166 valence electrons. The van der Waals surface area contributed by atoms with Crippen molar-refractivity contribution in [2.24, 2.45) is 5.92 Å². The van der Waals surface area contributed by atoms with Gasteiger partial charge in [-0.25, -0.2) is 0 Å². The number of benzene rings is 2. The zero-order valence-electron chi connectivity index (χ0n) is 17.7. The molecule has 0 atom stereocenters. The van der Waals surface area contributed by atoms with Crippen LogP contribution in [0, 0.1) is 5.92 Å². The molecule has 1 aromatic heterocycles. The smallest absolute Gasteiger partial charge is 0.266 e. The van der Waals surface area contributed by atoms with Gasteiger partial charge < -0.3 is 9.30 Å². The number of fused-ring (bicyclic) bond motifs is 1. The predicted molar refractivity (Wildman–Crippen MR) is 141 cm³/mol. The summed E-state index contributed by atoms with van der Waals surface area (Å²) < 4.78 is 9.62. The van der Waals surface area contributed by atoms with Crippen molar-refractivity contribution in [1.82, 2.24) is 9.47 Å². The fourth-order valence-electron chi connectivity index (χ4n) is 3.58. The van der Waals surface area contributed by atoms with E-state index in [2.05, 4.69) is 52.7 Å². The van der Waals surface area contributed by atoms with Crippen LogP contribution in [0.4, 0.5) is 0 Å². The van der Waals surface area contributed by atoms with Crippen LogP contribution in [0.1, 0.15) is 19.4 Å². The Hall–Kier alpha value is -1.80. The lowest BCUT2D eigenvalue weighted by Crippen LogP contribution is -2.31. The molecule has 0 N–H and O–H groups in total. The Morgan fingerprint density at radius 3 is 2.78 bits per heavy atom. The van der Waals surface area contributed by atoms with E-state index in [9.17, 15) is 4.79 Å². The largest absolute Gasteiger partial charge is 0.490 e. The van der Waals surface area contributed by atoms with Crippen LogP contribution in [0.2, 0.25) is 5.02 Å². The van der Waals surface area contributed by atoms with E-state index < -0.39 is 0 Å². The molecule has 2 heterocycles. The number of thioether (sulfide) groups is 1. The topological polar surface area (TPSA) is 34.5 Å². The standard InChI is InChI=1S/C24H22BrClN2O2S2/c1-15(2)13-28-23(29)22(32-24(28)31)11-16-14-27(20-8-7-17(25)12-18(16)20)9-10-30-21-6-4-3-5-19(21)26/h3-8,11-12,14-15H,9-10,13H2,1-2H3/b22-11-. The van der Waals surface area contributed by atoms with E-state index in [-0.39, 0.29) is 5.91 Å². The average Bonchev–Trinajstić information content (AvgIpc) is 3.21. The summed E-state index contributed by atoms with van der Waals surface area (Å²) >= 11 is 16.6. The normalized spacial score (nSPS) is 15.5. The number of para-hydroxylation sites is 1. The molecule has 4 rings (SSSR count). The molecular weight excluding hydrogens is 528 g/mol. The van der Waals surface area contributed by atoms with E-state index in [4.69, 9.17) is 28.6 Å². The fraction of sp³-hybridized carbons (Fsp3) is 0.250. The number of hydrogen-bond donors (Lipinski definition) is 0. The highest BCUT2D eigenvalue weighted by Gasteiger charge is 2.32. The lowest BCUT2D eigenvalue weighted by Gasteiger charge is -2.16. The molecule has 2 aromatic carbocycles. The first-order chi connectivity index (χ1) is 15.3. The van der Waals surface area contributed by atoms with Gasteiger partial charge in [0, 0.05) is 33.7 Å². The molecule has 1 amide bonds. The molecule has 4 nitrogen and oxygen atoms in total. The van der Waals surface area contributed by atoms with Crippen molar-refractivity contribution < 1.29 is 9.53 Å². The van der Waals surface area contributed by atoms with Gasteiger partial charge in [-0.1, -0.05) is 77.5 Å². The number of carbonyl (C=O) groups excluding carboxylic acids is 1. The van der Waals surface area contributed by atoms with Crippen molar-refractivity contribution in [2.75, 3.05) is 13.2 Å². The Morgan fingerprint density at radius 1 is 1.25 bits per heavy atom. The van der Waals surface area contributed by atoms with Crippen LogP contribution < -0.4 is 4.74 Å². The van der Waals surface area contributed by atoms with Crippen LogP contribution in [0.3, 0.4) is 0 Å². The van der Waals surface area contributed by atoms with E-state index in [0.717, 1.165) is 20.9 Å². The second kappa shape index (κ2) is 10.00. The van der Waals surface area contributed by atoms with Gasteiger partial charge in [0.05, 0.1) is 16.5 Å². The molecule has 1 aliphatic rings. The highest BCUT2D eigenvalue weighted by molar-refractivity contribution is 9.10. The fourth-order valence-corrected chi connectivity index (χ4v) is 5.39. The molecule has 0 saturated carbocycles. The maximum Gasteiger partial charge on any atom is 0.266 e. The van der Waals surface area contributed by atoms with Gasteiger partial charge in [0.25, 0.3) is 5.91 Å². The number of hydrogen-bond acceptors (Lipinski definition) is 4. The third kappa shape index (κ3) is 5.06. The molecule has 3 aromatic rings. The Morgan fingerprint density at radius 2 is 2.03 bits per heavy atom. The zero-order valence-corrected chi connectivity index (χ0v) is 21.7. The average molecular weight is 550 g/mol. The molecule has 1 fully saturated rings. The van der Waals surface area contributed by atoms with Crippen LogP contribution in [-0.2, 0) is 11.3 Å². The number of rotatable bonds is 7. The van der Waals surface area contributed by atoms with Gasteiger partial charge in [0.15, 0.2) is 0 Å². The van der Waals surface area contributed by atoms with Crippen LogP contribution in [0.25, 0.3) is 17.0 Å². The van der Waals surface area contributed by atoms with Gasteiger partial charge in [-0.3, -0.25) is 9.69 Å². The molecule has 0 spiro atoms. The predicted octanol–water partition coefficient (Wildman–Crippen LogP) is 6.99. The van der Waals surface area contributed by atoms with Gasteiger partial charge in [-0.05, 0) is 42.3 Å². The molecular formula is C24H22BrClN2O2S2. The van der Waals surface area contributed by atoms with E-state index in [1.165, 1.54) is 11.8 Å². The number of ether oxygens (including phenoxy) is 1. The zero-order chi connectivity index (χ0) is 22.8. The minimum atomic E-state index is -0.0216. The van der Waals surface area contributed by atoms with Crippen molar-refractivity contribution in [2.45, 2.75) is 20.4 Å². The van der Waals surface area contributed by atoms with Crippen LogP contribution in [-0.4, -0.2) is 32.8 Å². The Kier molecular flexibility index (Phi) is 7.30. The molecule has 0 radical (unpaired) electrons. The highest BCUT2D eigenvalue weighted by Crippen LogP contribution is 2.35. The second-order valence-corrected chi connectivity index (χ2v) is 10.9. The van der Waals surface area contributed by atoms with Crippen LogP contribution in [0.15, 0.2) is 58.0 Å². The highest BCUT2D eigenvalue weighted by atomic mass is 79.9. The Balaban J connectivity index is 1.61. The monoisotopic (exact) mass is 548 g/mol. The molecule has 1 saturated heterocycles. The first-order valence-corrected chi connectivity index (χ1v) is 12.6. The minimum absolute atomic E-state index is 0.0216. The third-order valence-electron chi connectivity index (χ3n) is 5.01. The summed E-state index contributed by atoms with van der Waals surface area (Å²) in [5.74, 6) is 1.00. The quantitative estimate of drug-likeness (QED) is 0.235. The summed E-state index contributed by atoms with van der Waals surface area (Å²) in [4.78, 5) is 15.3. The summed E-state index contributed by atoms with van der Waals surface area (Å²) in [6.45, 7) is 5.91. The summed E-state index contributed by atoms with van der Waals surface area (Å²) in [5, 5.41) is 1.66. The lowest BCUT2D eigenvalue weighted by atomic mass is 10.1. The maximum absolute atomic E-state index is 12.9. The van der Waals surface area contributed by atoms with Gasteiger partial charge in [0.1, 0.15) is 16.7 Å². The van der Waals surface area contributed by atoms with Crippen molar-refractivity contribution in [1.29, 1.82) is 0 Å². The van der Waals surface area contributed by atoms with Crippen molar-refractivity contribution in [3.63, 3.8) is 0 Å². The molecule has 32 heavy (non-hydrogen) atoms. The van der Waals surface area contributed by atoms with Crippen molar-refractivity contribution in [3.8, 4) is 5.75 Å². The summed E-state index contributed by atoms with van der Waals surface area (Å²) in [5.41, 5.74) is 2.05. The van der Waals surface area contributed by atoms with Crippen molar-refractivity contribution >= 4 is 78.7 Å². The first-order valence-electron chi connectivity index (χ1n) is 10.2. The van der Waals surface area contributed by atoms with E-state index in [0.29, 0.717) is 45.6 Å². The molecule has 8 heteroatoms. The number of aromatic nitrogens is 1. The first kappa shape index (κ1) is 23.4. The molecule has 1 aliphatic heterocycles.